The van der Waals surface area contributed by atoms with Gasteiger partial charge in [0.05, 0.1) is 11.6 Å². The summed E-state index contributed by atoms with van der Waals surface area (Å²) in [5.41, 5.74) is 3.87. The zero-order valence-corrected chi connectivity index (χ0v) is 15.9. The number of esters is 1. The molecule has 29 heavy (non-hydrogen) atoms. The molecular formula is C24H14ClNO3. The number of ketones is 1. The number of ether oxygens (including phenoxy) is 1. The molecule has 3 aromatic carbocycles. The molecule has 0 saturated carbocycles. The van der Waals surface area contributed by atoms with Crippen LogP contribution in [0.1, 0.15) is 22.6 Å². The van der Waals surface area contributed by atoms with Gasteiger partial charge in [-0.3, -0.25) is 9.59 Å². The van der Waals surface area contributed by atoms with E-state index in [9.17, 15) is 9.59 Å². The number of benzene rings is 3. The molecule has 4 rings (SSSR count). The topological polar surface area (TPSA) is 67.2 Å². The molecule has 1 saturated heterocycles. The van der Waals surface area contributed by atoms with E-state index in [1.165, 1.54) is 0 Å². The van der Waals surface area contributed by atoms with Crippen LogP contribution >= 0.6 is 11.6 Å². The molecule has 0 bridgehead atoms. The van der Waals surface area contributed by atoms with Crippen molar-refractivity contribution in [2.45, 2.75) is 5.92 Å². The molecule has 1 aliphatic rings. The van der Waals surface area contributed by atoms with Gasteiger partial charge in [-0.05, 0) is 52.6 Å². The Labute approximate surface area is 172 Å². The number of rotatable bonds is 3. The molecule has 1 atom stereocenters. The highest BCUT2D eigenvalue weighted by Crippen LogP contribution is 2.32. The number of carbonyl (C=O) groups excluding carboxylic acids is 2. The highest BCUT2D eigenvalue weighted by molar-refractivity contribution is 6.30. The first kappa shape index (κ1) is 18.7. The molecule has 0 N–H and O–H groups in total. The lowest BCUT2D eigenvalue weighted by atomic mass is 9.95. The first-order valence-electron chi connectivity index (χ1n) is 8.89. The normalized spacial score (nSPS) is 17.2. The highest BCUT2D eigenvalue weighted by Gasteiger charge is 2.40. The molecule has 0 amide bonds. The predicted molar refractivity (Wildman–Crippen MR) is 110 cm³/mol. The van der Waals surface area contributed by atoms with Gasteiger partial charge in [-0.25, -0.2) is 0 Å². The van der Waals surface area contributed by atoms with Gasteiger partial charge in [0.1, 0.15) is 5.92 Å². The van der Waals surface area contributed by atoms with E-state index in [0.717, 1.165) is 16.7 Å². The summed E-state index contributed by atoms with van der Waals surface area (Å²) in [5.74, 6) is -1.89. The fraction of sp³-hybridized carbons (Fsp3) is 0.0417. The first-order chi connectivity index (χ1) is 14.0. The standard InChI is InChI=1S/C24H14ClNO3/c25-20-11-9-19(10-12-20)22-23(27)21(29-24(22)28)13-15-1-5-17(6-2-15)18-7-3-16(14-26)4-8-18/h1-13,22H. The van der Waals surface area contributed by atoms with E-state index in [1.54, 1.807) is 42.5 Å². The molecule has 1 fully saturated rings. The summed E-state index contributed by atoms with van der Waals surface area (Å²) >= 11 is 5.87. The lowest BCUT2D eigenvalue weighted by Gasteiger charge is -2.03. The zero-order valence-electron chi connectivity index (χ0n) is 15.1. The molecule has 0 aromatic heterocycles. The third-order valence-electron chi connectivity index (χ3n) is 4.71. The summed E-state index contributed by atoms with van der Waals surface area (Å²) in [5, 5.41) is 9.42. The smallest absolute Gasteiger partial charge is 0.327 e. The Bertz CT molecular complexity index is 1150. The van der Waals surface area contributed by atoms with Crippen LogP contribution < -0.4 is 0 Å². The second kappa shape index (κ2) is 7.75. The van der Waals surface area contributed by atoms with Crippen LogP contribution in [0.4, 0.5) is 0 Å². The van der Waals surface area contributed by atoms with Crippen molar-refractivity contribution in [1.29, 1.82) is 5.26 Å². The summed E-state index contributed by atoms with van der Waals surface area (Å²) in [6.45, 7) is 0. The first-order valence-corrected chi connectivity index (χ1v) is 9.26. The fourth-order valence-electron chi connectivity index (χ4n) is 3.17. The Kier molecular flexibility index (Phi) is 4.99. The lowest BCUT2D eigenvalue weighted by molar-refractivity contribution is -0.136. The molecule has 3 aromatic rings. The highest BCUT2D eigenvalue weighted by atomic mass is 35.5. The Morgan fingerprint density at radius 1 is 0.862 bits per heavy atom. The number of hydrogen-bond donors (Lipinski definition) is 0. The maximum absolute atomic E-state index is 12.7. The van der Waals surface area contributed by atoms with Crippen molar-refractivity contribution in [3.63, 3.8) is 0 Å². The molecule has 1 heterocycles. The number of Topliss-reactive ketones (excluding diaryl/α,β-unsaturated/α-hetero) is 1. The van der Waals surface area contributed by atoms with Crippen molar-refractivity contribution in [3.05, 3.63) is 100 Å². The fourth-order valence-corrected chi connectivity index (χ4v) is 3.30. The second-order valence-electron chi connectivity index (χ2n) is 6.59. The number of allylic oxidation sites excluding steroid dienone is 1. The van der Waals surface area contributed by atoms with Crippen molar-refractivity contribution in [2.24, 2.45) is 0 Å². The van der Waals surface area contributed by atoms with E-state index >= 15 is 0 Å². The van der Waals surface area contributed by atoms with Gasteiger partial charge in [-0.2, -0.15) is 5.26 Å². The SMILES string of the molecule is N#Cc1ccc(-c2ccc(C=C3OC(=O)C(c4ccc(Cl)cc4)C3=O)cc2)cc1. The number of hydrogen-bond acceptors (Lipinski definition) is 4. The minimum atomic E-state index is -0.962. The van der Waals surface area contributed by atoms with Gasteiger partial charge >= 0.3 is 5.97 Å². The maximum atomic E-state index is 12.7. The summed E-state index contributed by atoms with van der Waals surface area (Å²) < 4.78 is 5.22. The summed E-state index contributed by atoms with van der Waals surface area (Å²) in [7, 11) is 0. The molecule has 0 aliphatic carbocycles. The molecule has 4 nitrogen and oxygen atoms in total. The lowest BCUT2D eigenvalue weighted by Crippen LogP contribution is -2.12. The minimum Gasteiger partial charge on any atom is -0.422 e. The summed E-state index contributed by atoms with van der Waals surface area (Å²) in [4.78, 5) is 24.9. The van der Waals surface area contributed by atoms with Gasteiger partial charge in [0.15, 0.2) is 5.76 Å². The number of cyclic esters (lactones) is 1. The molecule has 1 aliphatic heterocycles. The number of halogens is 1. The monoisotopic (exact) mass is 399 g/mol. The molecular weight excluding hydrogens is 386 g/mol. The van der Waals surface area contributed by atoms with Crippen LogP contribution in [-0.4, -0.2) is 11.8 Å². The Balaban J connectivity index is 1.56. The quantitative estimate of drug-likeness (QED) is 0.348. The average Bonchev–Trinajstić information content (AvgIpc) is 3.02. The van der Waals surface area contributed by atoms with E-state index < -0.39 is 11.9 Å². The van der Waals surface area contributed by atoms with E-state index in [-0.39, 0.29) is 11.5 Å². The number of carbonyl (C=O) groups is 2. The van der Waals surface area contributed by atoms with Crippen LogP contribution in [0, 0.1) is 11.3 Å². The van der Waals surface area contributed by atoms with E-state index in [4.69, 9.17) is 21.6 Å². The van der Waals surface area contributed by atoms with Crippen molar-refractivity contribution >= 4 is 29.4 Å². The van der Waals surface area contributed by atoms with Gasteiger partial charge in [-0.1, -0.05) is 60.1 Å². The predicted octanol–water partition coefficient (Wildman–Crippen LogP) is 5.13. The Hall–Kier alpha value is -3.68. The van der Waals surface area contributed by atoms with Gasteiger partial charge < -0.3 is 4.74 Å². The molecule has 0 spiro atoms. The van der Waals surface area contributed by atoms with Crippen molar-refractivity contribution in [1.82, 2.24) is 0 Å². The van der Waals surface area contributed by atoms with Gasteiger partial charge in [-0.15, -0.1) is 0 Å². The molecule has 140 valence electrons. The van der Waals surface area contributed by atoms with E-state index in [1.807, 2.05) is 36.4 Å². The summed E-state index contributed by atoms with van der Waals surface area (Å²) in [6, 6.07) is 23.5. The van der Waals surface area contributed by atoms with E-state index in [0.29, 0.717) is 16.1 Å². The Morgan fingerprint density at radius 2 is 1.45 bits per heavy atom. The maximum Gasteiger partial charge on any atom is 0.327 e. The number of nitrogens with zero attached hydrogens (tertiary/aromatic N) is 1. The van der Waals surface area contributed by atoms with Gasteiger partial charge in [0, 0.05) is 5.02 Å². The van der Waals surface area contributed by atoms with Crippen LogP contribution in [0.25, 0.3) is 17.2 Å². The van der Waals surface area contributed by atoms with Gasteiger partial charge in [0.2, 0.25) is 5.78 Å². The van der Waals surface area contributed by atoms with Crippen LogP contribution in [0.15, 0.2) is 78.6 Å². The molecule has 0 radical (unpaired) electrons. The third-order valence-corrected chi connectivity index (χ3v) is 4.96. The van der Waals surface area contributed by atoms with E-state index in [2.05, 4.69) is 6.07 Å². The largest absolute Gasteiger partial charge is 0.422 e. The van der Waals surface area contributed by atoms with Crippen LogP contribution in [0.3, 0.4) is 0 Å². The zero-order chi connectivity index (χ0) is 20.4. The minimum absolute atomic E-state index is 0.0288. The van der Waals surface area contributed by atoms with Crippen LogP contribution in [-0.2, 0) is 14.3 Å². The van der Waals surface area contributed by atoms with Crippen molar-refractivity contribution in [3.8, 4) is 17.2 Å². The molecule has 5 heteroatoms. The van der Waals surface area contributed by atoms with Gasteiger partial charge in [0.25, 0.3) is 0 Å². The average molecular weight is 400 g/mol. The Morgan fingerprint density at radius 3 is 2.03 bits per heavy atom. The van der Waals surface area contributed by atoms with Crippen molar-refractivity contribution in [2.75, 3.05) is 0 Å². The van der Waals surface area contributed by atoms with Crippen LogP contribution in [0.2, 0.25) is 5.02 Å². The summed E-state index contributed by atoms with van der Waals surface area (Å²) in [6.07, 6.45) is 1.57. The second-order valence-corrected chi connectivity index (χ2v) is 7.03. The molecule has 1 unspecified atom stereocenters. The van der Waals surface area contributed by atoms with Crippen LogP contribution in [0.5, 0.6) is 0 Å². The third kappa shape index (κ3) is 3.82. The van der Waals surface area contributed by atoms with Crippen molar-refractivity contribution < 1.29 is 14.3 Å². The number of nitriles is 1.